The van der Waals surface area contributed by atoms with Crippen LogP contribution in [0.2, 0.25) is 0 Å². The van der Waals surface area contributed by atoms with Gasteiger partial charge >= 0.3 is 0 Å². The summed E-state index contributed by atoms with van der Waals surface area (Å²) in [6.07, 6.45) is 0. The maximum Gasteiger partial charge on any atom is 0.220 e. The molecule has 1 heterocycles. The van der Waals surface area contributed by atoms with Crippen molar-refractivity contribution >= 4 is 27.7 Å². The summed E-state index contributed by atoms with van der Waals surface area (Å²) in [5.74, 6) is 2.46. The van der Waals surface area contributed by atoms with E-state index < -0.39 is 5.25 Å². The first kappa shape index (κ1) is 23.9. The quantitative estimate of drug-likeness (QED) is 0.211. The molecule has 0 fully saturated rings. The van der Waals surface area contributed by atoms with Crippen molar-refractivity contribution < 1.29 is 19.1 Å². The molecule has 170 valence electrons. The van der Waals surface area contributed by atoms with Crippen molar-refractivity contribution in [3.8, 4) is 22.9 Å². The second-order valence-corrected chi connectivity index (χ2v) is 8.67. The van der Waals surface area contributed by atoms with E-state index in [2.05, 4.69) is 26.1 Å². The lowest BCUT2D eigenvalue weighted by Crippen LogP contribution is -2.12. The standard InChI is InChI=1S/C21H23BrN4O5S/c1-5-31-19-11-17(22)16(10-18(19)30-4)20(12-25(27)28)32-21-24-23-13(2)26(21)14-6-8-15(29-3)9-7-14/h6-11,20H,5,12H2,1-4H3/t20-/m1/s1. The molecular weight excluding hydrogens is 500 g/mol. The van der Waals surface area contributed by atoms with Crippen molar-refractivity contribution in [3.05, 3.63) is 62.4 Å². The zero-order valence-corrected chi connectivity index (χ0v) is 20.5. The molecule has 11 heteroatoms. The van der Waals surface area contributed by atoms with Crippen LogP contribution in [0.5, 0.6) is 17.2 Å². The van der Waals surface area contributed by atoms with Gasteiger partial charge in [0.25, 0.3) is 0 Å². The van der Waals surface area contributed by atoms with Crippen LogP contribution in [0.1, 0.15) is 23.6 Å². The zero-order chi connectivity index (χ0) is 23.3. The van der Waals surface area contributed by atoms with Gasteiger partial charge in [0, 0.05) is 15.1 Å². The Morgan fingerprint density at radius 3 is 2.47 bits per heavy atom. The molecule has 0 aliphatic rings. The van der Waals surface area contributed by atoms with Gasteiger partial charge in [0.05, 0.1) is 20.8 Å². The monoisotopic (exact) mass is 522 g/mol. The molecule has 2 aromatic carbocycles. The summed E-state index contributed by atoms with van der Waals surface area (Å²) in [5.41, 5.74) is 1.54. The summed E-state index contributed by atoms with van der Waals surface area (Å²) < 4.78 is 18.8. The van der Waals surface area contributed by atoms with E-state index in [9.17, 15) is 10.1 Å². The molecule has 0 saturated heterocycles. The van der Waals surface area contributed by atoms with Crippen LogP contribution in [0.4, 0.5) is 0 Å². The lowest BCUT2D eigenvalue weighted by molar-refractivity contribution is -0.479. The maximum atomic E-state index is 11.5. The Kier molecular flexibility index (Phi) is 7.97. The number of thioether (sulfide) groups is 1. The molecule has 0 saturated carbocycles. The van der Waals surface area contributed by atoms with Gasteiger partial charge in [-0.3, -0.25) is 14.7 Å². The van der Waals surface area contributed by atoms with Crippen LogP contribution in [0, 0.1) is 17.0 Å². The number of hydrogen-bond acceptors (Lipinski definition) is 8. The van der Waals surface area contributed by atoms with Crippen molar-refractivity contribution in [2.24, 2.45) is 0 Å². The van der Waals surface area contributed by atoms with E-state index in [-0.39, 0.29) is 11.5 Å². The third-order valence-electron chi connectivity index (χ3n) is 4.62. The van der Waals surface area contributed by atoms with E-state index in [1.165, 1.54) is 18.9 Å². The molecule has 9 nitrogen and oxygen atoms in total. The molecular formula is C21H23BrN4O5S. The number of halogens is 1. The number of aryl methyl sites for hydroxylation is 1. The van der Waals surface area contributed by atoms with Gasteiger partial charge in [0.2, 0.25) is 6.54 Å². The Labute approximate surface area is 198 Å². The highest BCUT2D eigenvalue weighted by Crippen LogP contribution is 2.43. The second-order valence-electron chi connectivity index (χ2n) is 6.64. The number of nitrogens with zero attached hydrogens (tertiary/aromatic N) is 4. The fourth-order valence-corrected chi connectivity index (χ4v) is 5.09. The van der Waals surface area contributed by atoms with E-state index in [0.717, 1.165) is 11.4 Å². The predicted octanol–water partition coefficient (Wildman–Crippen LogP) is 4.86. The molecule has 3 rings (SSSR count). The molecule has 0 spiro atoms. The zero-order valence-electron chi connectivity index (χ0n) is 18.1. The van der Waals surface area contributed by atoms with Gasteiger partial charge in [-0.15, -0.1) is 10.2 Å². The van der Waals surface area contributed by atoms with E-state index in [1.807, 2.05) is 42.7 Å². The Hall–Kier alpha value is -2.79. The van der Waals surface area contributed by atoms with Crippen LogP contribution in [0.15, 0.2) is 46.0 Å². The fourth-order valence-electron chi connectivity index (χ4n) is 3.13. The van der Waals surface area contributed by atoms with Crippen LogP contribution >= 0.6 is 27.7 Å². The van der Waals surface area contributed by atoms with Crippen LogP contribution in [-0.4, -0.2) is 47.1 Å². The summed E-state index contributed by atoms with van der Waals surface area (Å²) in [7, 11) is 3.14. The molecule has 0 unspecified atom stereocenters. The first-order valence-electron chi connectivity index (χ1n) is 9.73. The summed E-state index contributed by atoms with van der Waals surface area (Å²) in [4.78, 5) is 11.2. The first-order valence-corrected chi connectivity index (χ1v) is 11.4. The molecule has 1 aromatic heterocycles. The Morgan fingerprint density at radius 1 is 1.16 bits per heavy atom. The van der Waals surface area contributed by atoms with Gasteiger partial charge in [-0.1, -0.05) is 27.7 Å². The third kappa shape index (κ3) is 5.33. The Bertz CT molecular complexity index is 1090. The van der Waals surface area contributed by atoms with Gasteiger partial charge in [0.15, 0.2) is 16.7 Å². The number of hydrogen-bond donors (Lipinski definition) is 0. The molecule has 1 atom stereocenters. The van der Waals surface area contributed by atoms with Crippen molar-refractivity contribution in [1.29, 1.82) is 0 Å². The van der Waals surface area contributed by atoms with Crippen LogP contribution < -0.4 is 14.2 Å². The van der Waals surface area contributed by atoms with E-state index in [0.29, 0.717) is 39.1 Å². The molecule has 32 heavy (non-hydrogen) atoms. The van der Waals surface area contributed by atoms with Crippen molar-refractivity contribution in [3.63, 3.8) is 0 Å². The van der Waals surface area contributed by atoms with Crippen LogP contribution in [0.25, 0.3) is 5.69 Å². The number of ether oxygens (including phenoxy) is 3. The van der Waals surface area contributed by atoms with Crippen molar-refractivity contribution in [1.82, 2.24) is 14.8 Å². The average molecular weight is 523 g/mol. The minimum absolute atomic E-state index is 0.311. The Balaban J connectivity index is 2.02. The van der Waals surface area contributed by atoms with Crippen LogP contribution in [0.3, 0.4) is 0 Å². The second kappa shape index (κ2) is 10.7. The molecule has 0 aliphatic carbocycles. The highest BCUT2D eigenvalue weighted by atomic mass is 79.9. The highest BCUT2D eigenvalue weighted by molar-refractivity contribution is 9.10. The maximum absolute atomic E-state index is 11.5. The molecule has 0 aliphatic heterocycles. The molecule has 0 radical (unpaired) electrons. The lowest BCUT2D eigenvalue weighted by Gasteiger charge is -2.18. The lowest BCUT2D eigenvalue weighted by atomic mass is 10.1. The van der Waals surface area contributed by atoms with Crippen molar-refractivity contribution in [2.45, 2.75) is 24.3 Å². The molecule has 3 aromatic rings. The summed E-state index contributed by atoms with van der Waals surface area (Å²) >= 11 is 4.81. The normalized spacial score (nSPS) is 11.8. The molecule has 0 N–H and O–H groups in total. The number of nitro groups is 1. The fraction of sp³-hybridized carbons (Fsp3) is 0.333. The summed E-state index contributed by atoms with van der Waals surface area (Å²) in [6, 6.07) is 11.0. The SMILES string of the molecule is CCOc1cc(Br)c([C@@H](C[N+](=O)[O-])Sc2nnc(C)n2-c2ccc(OC)cc2)cc1OC. The van der Waals surface area contributed by atoms with Crippen LogP contribution in [-0.2, 0) is 0 Å². The van der Waals surface area contributed by atoms with Gasteiger partial charge in [0.1, 0.15) is 16.8 Å². The first-order chi connectivity index (χ1) is 15.4. The highest BCUT2D eigenvalue weighted by Gasteiger charge is 2.27. The van der Waals surface area contributed by atoms with Crippen molar-refractivity contribution in [2.75, 3.05) is 27.4 Å². The van der Waals surface area contributed by atoms with Gasteiger partial charge in [-0.25, -0.2) is 0 Å². The average Bonchev–Trinajstić information content (AvgIpc) is 3.13. The van der Waals surface area contributed by atoms with Gasteiger partial charge in [-0.05, 0) is 55.8 Å². The minimum Gasteiger partial charge on any atom is -0.497 e. The van der Waals surface area contributed by atoms with Gasteiger partial charge < -0.3 is 14.2 Å². The van der Waals surface area contributed by atoms with E-state index in [1.54, 1.807) is 19.2 Å². The number of benzene rings is 2. The Morgan fingerprint density at radius 2 is 1.88 bits per heavy atom. The number of rotatable bonds is 10. The smallest absolute Gasteiger partial charge is 0.220 e. The summed E-state index contributed by atoms with van der Waals surface area (Å²) in [6.45, 7) is 3.87. The number of aromatic nitrogens is 3. The summed E-state index contributed by atoms with van der Waals surface area (Å²) in [5, 5.41) is 20.0. The molecule has 0 amide bonds. The topological polar surface area (TPSA) is 102 Å². The number of methoxy groups -OCH3 is 2. The van der Waals surface area contributed by atoms with Gasteiger partial charge in [-0.2, -0.15) is 0 Å². The van der Waals surface area contributed by atoms with E-state index in [4.69, 9.17) is 14.2 Å². The van der Waals surface area contributed by atoms with E-state index >= 15 is 0 Å². The predicted molar refractivity (Wildman–Crippen MR) is 125 cm³/mol. The third-order valence-corrected chi connectivity index (χ3v) is 6.47. The molecule has 0 bridgehead atoms. The largest absolute Gasteiger partial charge is 0.497 e. The minimum atomic E-state index is -0.551.